The smallest absolute Gasteiger partial charge is 0.261 e. The highest BCUT2D eigenvalue weighted by molar-refractivity contribution is 7.98. The lowest BCUT2D eigenvalue weighted by molar-refractivity contribution is 0.0951. The first-order valence-electron chi connectivity index (χ1n) is 10.5. The van der Waals surface area contributed by atoms with Gasteiger partial charge >= 0.3 is 0 Å². The number of para-hydroxylation sites is 1. The molecule has 5 rings (SSSR count). The average Bonchev–Trinajstić information content (AvgIpc) is 3.25. The Balaban J connectivity index is 1.13. The number of hydrogen-bond donors (Lipinski definition) is 1. The molecule has 4 nitrogen and oxygen atoms in total. The van der Waals surface area contributed by atoms with Gasteiger partial charge in [-0.3, -0.25) is 9.69 Å². The summed E-state index contributed by atoms with van der Waals surface area (Å²) < 4.78 is 14.0. The van der Waals surface area contributed by atoms with E-state index < -0.39 is 0 Å². The number of thioether (sulfide) groups is 1. The van der Waals surface area contributed by atoms with Gasteiger partial charge in [-0.2, -0.15) is 0 Å². The summed E-state index contributed by atoms with van der Waals surface area (Å²) in [4.78, 5) is 20.4. The predicted octanol–water partition coefficient (Wildman–Crippen LogP) is 4.71. The lowest BCUT2D eigenvalue weighted by Crippen LogP contribution is -2.48. The van der Waals surface area contributed by atoms with Crippen LogP contribution in [-0.2, 0) is 5.75 Å². The molecule has 3 heterocycles. The molecule has 1 aromatic heterocycles. The van der Waals surface area contributed by atoms with Crippen molar-refractivity contribution in [3.8, 4) is 10.4 Å². The van der Waals surface area contributed by atoms with Crippen LogP contribution in [0.1, 0.15) is 15.2 Å². The van der Waals surface area contributed by atoms with E-state index in [1.807, 2.05) is 30.0 Å². The van der Waals surface area contributed by atoms with Gasteiger partial charge in [-0.1, -0.05) is 30.3 Å². The molecule has 1 amide bonds. The molecular weight excluding hydrogens is 429 g/mol. The fraction of sp³-hybridized carbons (Fsp3) is 0.292. The van der Waals surface area contributed by atoms with Crippen LogP contribution in [0.25, 0.3) is 10.4 Å². The van der Waals surface area contributed by atoms with Crippen molar-refractivity contribution < 1.29 is 9.18 Å². The Labute approximate surface area is 190 Å². The fourth-order valence-corrected chi connectivity index (χ4v) is 6.48. The van der Waals surface area contributed by atoms with Gasteiger partial charge in [0.2, 0.25) is 0 Å². The highest BCUT2D eigenvalue weighted by Crippen LogP contribution is 2.45. The van der Waals surface area contributed by atoms with Crippen LogP contribution in [0, 0.1) is 5.82 Å². The number of rotatable bonds is 5. The Hall–Kier alpha value is -2.35. The normalized spacial score (nSPS) is 16.0. The summed E-state index contributed by atoms with van der Waals surface area (Å²) in [6.07, 6.45) is 0. The number of nitrogens with one attached hydrogen (secondary N) is 1. The number of fused-ring (bicyclic) bond motifs is 3. The van der Waals surface area contributed by atoms with Crippen molar-refractivity contribution in [1.29, 1.82) is 0 Å². The summed E-state index contributed by atoms with van der Waals surface area (Å²) >= 11 is 3.42. The first-order valence-corrected chi connectivity index (χ1v) is 12.3. The highest BCUT2D eigenvalue weighted by atomic mass is 32.2. The second-order valence-corrected chi connectivity index (χ2v) is 9.86. The number of anilines is 1. The Bertz CT molecular complexity index is 1090. The molecule has 0 bridgehead atoms. The lowest BCUT2D eigenvalue weighted by Gasteiger charge is -2.36. The molecule has 7 heteroatoms. The maximum Gasteiger partial charge on any atom is 0.261 e. The number of amides is 1. The zero-order valence-corrected chi connectivity index (χ0v) is 18.8. The van der Waals surface area contributed by atoms with E-state index in [1.54, 1.807) is 17.4 Å². The van der Waals surface area contributed by atoms with Crippen LogP contribution < -0.4 is 10.2 Å². The van der Waals surface area contributed by atoms with Gasteiger partial charge in [-0.05, 0) is 29.8 Å². The monoisotopic (exact) mass is 453 g/mol. The van der Waals surface area contributed by atoms with Gasteiger partial charge in [0.15, 0.2) is 0 Å². The van der Waals surface area contributed by atoms with Crippen molar-refractivity contribution in [2.75, 3.05) is 44.2 Å². The highest BCUT2D eigenvalue weighted by Gasteiger charge is 2.22. The van der Waals surface area contributed by atoms with Crippen LogP contribution >= 0.6 is 23.1 Å². The molecule has 1 N–H and O–H groups in total. The number of halogens is 1. The molecule has 0 aliphatic carbocycles. The van der Waals surface area contributed by atoms with Crippen LogP contribution in [0.5, 0.6) is 0 Å². The van der Waals surface area contributed by atoms with E-state index in [1.165, 1.54) is 27.0 Å². The minimum absolute atomic E-state index is 0.00636. The van der Waals surface area contributed by atoms with Crippen LogP contribution in [-0.4, -0.2) is 50.1 Å². The van der Waals surface area contributed by atoms with Gasteiger partial charge in [-0.15, -0.1) is 23.1 Å². The number of hydrogen-bond acceptors (Lipinski definition) is 5. The maximum atomic E-state index is 14.0. The van der Waals surface area contributed by atoms with Crippen molar-refractivity contribution in [2.45, 2.75) is 10.6 Å². The standard InChI is InChI=1S/C24H24FN3OS2/c25-19-6-2-3-7-20(19)28-13-11-27(12-14-28)10-9-26-24(29)22-15-17-16-30-21-8-4-1-5-18(21)23(17)31-22/h1-8,15H,9-14,16H2,(H,26,29). The summed E-state index contributed by atoms with van der Waals surface area (Å²) in [7, 11) is 0. The molecule has 0 saturated carbocycles. The Morgan fingerprint density at radius 3 is 2.65 bits per heavy atom. The zero-order chi connectivity index (χ0) is 21.2. The van der Waals surface area contributed by atoms with E-state index >= 15 is 0 Å². The molecule has 31 heavy (non-hydrogen) atoms. The fourth-order valence-electron chi connectivity index (χ4n) is 4.15. The van der Waals surface area contributed by atoms with Crippen LogP contribution in [0.3, 0.4) is 0 Å². The first-order chi connectivity index (χ1) is 15.2. The van der Waals surface area contributed by atoms with E-state index in [-0.39, 0.29) is 11.7 Å². The van der Waals surface area contributed by atoms with E-state index in [2.05, 4.69) is 39.4 Å². The van der Waals surface area contributed by atoms with Crippen molar-refractivity contribution >= 4 is 34.7 Å². The van der Waals surface area contributed by atoms with Crippen LogP contribution in [0.4, 0.5) is 10.1 Å². The van der Waals surface area contributed by atoms with Crippen molar-refractivity contribution in [2.24, 2.45) is 0 Å². The average molecular weight is 454 g/mol. The summed E-state index contributed by atoms with van der Waals surface area (Å²) in [5.41, 5.74) is 3.17. The largest absolute Gasteiger partial charge is 0.367 e. The van der Waals surface area contributed by atoms with E-state index in [9.17, 15) is 9.18 Å². The van der Waals surface area contributed by atoms with Gasteiger partial charge in [0, 0.05) is 60.4 Å². The number of piperazine rings is 1. The quantitative estimate of drug-likeness (QED) is 0.607. The maximum absolute atomic E-state index is 14.0. The molecule has 3 aromatic rings. The second kappa shape index (κ2) is 9.02. The SMILES string of the molecule is O=C(NCCN1CCN(c2ccccc2F)CC1)c1cc2c(s1)-c1ccccc1SC2. The van der Waals surface area contributed by atoms with Crippen molar-refractivity contribution in [3.05, 3.63) is 70.9 Å². The molecule has 0 radical (unpaired) electrons. The molecular formula is C24H24FN3OS2. The number of benzene rings is 2. The summed E-state index contributed by atoms with van der Waals surface area (Å²) in [6.45, 7) is 4.75. The Morgan fingerprint density at radius 1 is 1.03 bits per heavy atom. The molecule has 0 atom stereocenters. The van der Waals surface area contributed by atoms with Crippen molar-refractivity contribution in [3.63, 3.8) is 0 Å². The summed E-state index contributed by atoms with van der Waals surface area (Å²) in [5.74, 6) is 0.761. The van der Waals surface area contributed by atoms with Gasteiger partial charge in [0.05, 0.1) is 10.6 Å². The number of carbonyl (C=O) groups excluding carboxylic acids is 1. The third kappa shape index (κ3) is 4.35. The third-order valence-electron chi connectivity index (χ3n) is 5.83. The van der Waals surface area contributed by atoms with E-state index in [0.717, 1.165) is 43.4 Å². The third-order valence-corrected chi connectivity index (χ3v) is 8.16. The van der Waals surface area contributed by atoms with Gasteiger partial charge in [0.1, 0.15) is 5.82 Å². The molecule has 1 saturated heterocycles. The Morgan fingerprint density at radius 2 is 1.81 bits per heavy atom. The zero-order valence-electron chi connectivity index (χ0n) is 17.1. The van der Waals surface area contributed by atoms with Crippen LogP contribution in [0.2, 0.25) is 0 Å². The van der Waals surface area contributed by atoms with Gasteiger partial charge in [-0.25, -0.2) is 4.39 Å². The predicted molar refractivity (Wildman–Crippen MR) is 127 cm³/mol. The molecule has 2 aliphatic heterocycles. The topological polar surface area (TPSA) is 35.6 Å². The molecule has 0 unspecified atom stereocenters. The van der Waals surface area contributed by atoms with Crippen LogP contribution in [0.15, 0.2) is 59.5 Å². The molecule has 160 valence electrons. The second-order valence-electron chi connectivity index (χ2n) is 7.79. The number of thiophene rings is 1. The molecule has 0 spiro atoms. The molecule has 1 fully saturated rings. The van der Waals surface area contributed by atoms with Gasteiger partial charge in [0.25, 0.3) is 5.91 Å². The molecule has 2 aliphatic rings. The summed E-state index contributed by atoms with van der Waals surface area (Å²) in [5, 5.41) is 3.08. The van der Waals surface area contributed by atoms with E-state index in [4.69, 9.17) is 0 Å². The number of nitrogens with zero attached hydrogens (tertiary/aromatic N) is 2. The summed E-state index contributed by atoms with van der Waals surface area (Å²) in [6, 6.07) is 17.4. The first kappa shape index (κ1) is 20.5. The number of carbonyl (C=O) groups is 1. The minimum atomic E-state index is -0.164. The molecule has 2 aromatic carbocycles. The minimum Gasteiger partial charge on any atom is -0.367 e. The van der Waals surface area contributed by atoms with Crippen molar-refractivity contribution in [1.82, 2.24) is 10.2 Å². The van der Waals surface area contributed by atoms with Gasteiger partial charge < -0.3 is 10.2 Å². The Kier molecular flexibility index (Phi) is 5.98. The lowest BCUT2D eigenvalue weighted by atomic mass is 10.1. The van der Waals surface area contributed by atoms with E-state index in [0.29, 0.717) is 12.2 Å².